The molecule has 0 heterocycles. The molecule has 2 N–H and O–H groups in total. The third kappa shape index (κ3) is 3.69. The van der Waals surface area contributed by atoms with Gasteiger partial charge in [0.2, 0.25) is 0 Å². The van der Waals surface area contributed by atoms with Crippen LogP contribution in [0.15, 0.2) is 54.6 Å². The second-order valence-corrected chi connectivity index (χ2v) is 4.98. The maximum absolute atomic E-state index is 13.3. The van der Waals surface area contributed by atoms with Crippen LogP contribution in [0.1, 0.15) is 29.4 Å². The van der Waals surface area contributed by atoms with Crippen LogP contribution in [0.3, 0.4) is 0 Å². The largest absolute Gasteiger partial charge is 0.481 e. The highest BCUT2D eigenvalue weighted by atomic mass is 19.1. The molecule has 2 atom stereocenters. The molecule has 114 valence electrons. The molecule has 2 unspecified atom stereocenters. The summed E-state index contributed by atoms with van der Waals surface area (Å²) in [6, 6.07) is 13.7. The molecule has 22 heavy (non-hydrogen) atoms. The molecular weight excluding hydrogens is 287 g/mol. The SMILES string of the molecule is O=C(O)C(CC(C(=O)O)c1cccc(F)c1)c1ccccc1. The van der Waals surface area contributed by atoms with Gasteiger partial charge < -0.3 is 10.2 Å². The Morgan fingerprint density at radius 1 is 0.864 bits per heavy atom. The molecule has 2 aromatic rings. The van der Waals surface area contributed by atoms with Crippen molar-refractivity contribution in [3.8, 4) is 0 Å². The summed E-state index contributed by atoms with van der Waals surface area (Å²) in [5, 5.41) is 18.8. The molecule has 2 rings (SSSR count). The van der Waals surface area contributed by atoms with Gasteiger partial charge in [0, 0.05) is 0 Å². The van der Waals surface area contributed by atoms with Gasteiger partial charge in [-0.1, -0.05) is 42.5 Å². The molecular formula is C17H15FO4. The van der Waals surface area contributed by atoms with Crippen LogP contribution in [0, 0.1) is 5.82 Å². The Hall–Kier alpha value is -2.69. The first-order valence-corrected chi connectivity index (χ1v) is 6.75. The molecule has 0 aliphatic heterocycles. The first-order chi connectivity index (χ1) is 10.5. The monoisotopic (exact) mass is 302 g/mol. The van der Waals surface area contributed by atoms with E-state index in [9.17, 15) is 24.2 Å². The van der Waals surface area contributed by atoms with Gasteiger partial charge in [-0.25, -0.2) is 4.39 Å². The average molecular weight is 302 g/mol. The van der Waals surface area contributed by atoms with Crippen molar-refractivity contribution in [2.24, 2.45) is 0 Å². The average Bonchev–Trinajstić information content (AvgIpc) is 2.48. The second kappa shape index (κ2) is 6.85. The van der Waals surface area contributed by atoms with Crippen molar-refractivity contribution in [3.63, 3.8) is 0 Å². The minimum Gasteiger partial charge on any atom is -0.481 e. The molecule has 0 radical (unpaired) electrons. The minimum absolute atomic E-state index is 0.141. The van der Waals surface area contributed by atoms with Crippen molar-refractivity contribution in [1.82, 2.24) is 0 Å². The smallest absolute Gasteiger partial charge is 0.311 e. The van der Waals surface area contributed by atoms with Gasteiger partial charge in [-0.2, -0.15) is 0 Å². The van der Waals surface area contributed by atoms with E-state index >= 15 is 0 Å². The van der Waals surface area contributed by atoms with Crippen molar-refractivity contribution < 1.29 is 24.2 Å². The highest BCUT2D eigenvalue weighted by molar-refractivity contribution is 5.80. The lowest BCUT2D eigenvalue weighted by molar-refractivity contribution is -0.141. The van der Waals surface area contributed by atoms with Crippen molar-refractivity contribution in [2.45, 2.75) is 18.3 Å². The third-order valence-electron chi connectivity index (χ3n) is 3.52. The first-order valence-electron chi connectivity index (χ1n) is 6.75. The quantitative estimate of drug-likeness (QED) is 0.859. The van der Waals surface area contributed by atoms with Gasteiger partial charge in [0.05, 0.1) is 11.8 Å². The number of rotatable bonds is 6. The Morgan fingerprint density at radius 2 is 1.41 bits per heavy atom. The third-order valence-corrected chi connectivity index (χ3v) is 3.52. The Balaban J connectivity index is 2.33. The van der Waals surface area contributed by atoms with E-state index in [-0.39, 0.29) is 12.0 Å². The Labute approximate surface area is 126 Å². The summed E-state index contributed by atoms with van der Waals surface area (Å²) in [7, 11) is 0. The predicted molar refractivity (Wildman–Crippen MR) is 78.2 cm³/mol. The lowest BCUT2D eigenvalue weighted by Gasteiger charge is -2.18. The summed E-state index contributed by atoms with van der Waals surface area (Å²) in [6.45, 7) is 0. The van der Waals surface area contributed by atoms with Gasteiger partial charge in [-0.15, -0.1) is 0 Å². The molecule has 0 aliphatic rings. The van der Waals surface area contributed by atoms with Crippen LogP contribution in [0.5, 0.6) is 0 Å². The summed E-state index contributed by atoms with van der Waals surface area (Å²) < 4.78 is 13.3. The van der Waals surface area contributed by atoms with E-state index in [1.807, 2.05) is 0 Å². The Morgan fingerprint density at radius 3 is 1.95 bits per heavy atom. The molecule has 0 saturated carbocycles. The molecule has 0 aliphatic carbocycles. The van der Waals surface area contributed by atoms with Gasteiger partial charge in [0.1, 0.15) is 5.82 Å². The van der Waals surface area contributed by atoms with Gasteiger partial charge in [-0.05, 0) is 29.7 Å². The molecule has 0 bridgehead atoms. The number of benzene rings is 2. The van der Waals surface area contributed by atoms with E-state index < -0.39 is 29.6 Å². The zero-order valence-corrected chi connectivity index (χ0v) is 11.6. The molecule has 0 spiro atoms. The van der Waals surface area contributed by atoms with E-state index in [4.69, 9.17) is 0 Å². The second-order valence-electron chi connectivity index (χ2n) is 4.98. The highest BCUT2D eigenvalue weighted by Gasteiger charge is 2.29. The fourth-order valence-electron chi connectivity index (χ4n) is 2.40. The zero-order valence-electron chi connectivity index (χ0n) is 11.6. The van der Waals surface area contributed by atoms with E-state index in [1.54, 1.807) is 30.3 Å². The van der Waals surface area contributed by atoms with E-state index in [0.29, 0.717) is 5.56 Å². The van der Waals surface area contributed by atoms with Crippen molar-refractivity contribution in [2.75, 3.05) is 0 Å². The number of aliphatic carboxylic acids is 2. The van der Waals surface area contributed by atoms with E-state index in [0.717, 1.165) is 6.07 Å². The molecule has 2 aromatic carbocycles. The van der Waals surface area contributed by atoms with Crippen LogP contribution in [0.4, 0.5) is 4.39 Å². The molecule has 5 heteroatoms. The molecule has 0 amide bonds. The fraction of sp³-hybridized carbons (Fsp3) is 0.176. The van der Waals surface area contributed by atoms with Crippen LogP contribution in [0.25, 0.3) is 0 Å². The number of carboxylic acids is 2. The maximum Gasteiger partial charge on any atom is 0.311 e. The zero-order chi connectivity index (χ0) is 16.1. The number of halogens is 1. The molecule has 4 nitrogen and oxygen atoms in total. The van der Waals surface area contributed by atoms with Crippen molar-refractivity contribution >= 4 is 11.9 Å². The lowest BCUT2D eigenvalue weighted by Crippen LogP contribution is -2.20. The summed E-state index contributed by atoms with van der Waals surface area (Å²) in [4.78, 5) is 23.0. The normalized spacial score (nSPS) is 13.3. The molecule has 0 aromatic heterocycles. The van der Waals surface area contributed by atoms with E-state index in [1.165, 1.54) is 18.2 Å². The summed E-state index contributed by atoms with van der Waals surface area (Å²) >= 11 is 0. The van der Waals surface area contributed by atoms with Gasteiger partial charge in [-0.3, -0.25) is 9.59 Å². The van der Waals surface area contributed by atoms with Crippen LogP contribution in [-0.2, 0) is 9.59 Å². The lowest BCUT2D eigenvalue weighted by atomic mass is 9.85. The van der Waals surface area contributed by atoms with Crippen molar-refractivity contribution in [1.29, 1.82) is 0 Å². The summed E-state index contributed by atoms with van der Waals surface area (Å²) in [5.41, 5.74) is 0.785. The van der Waals surface area contributed by atoms with Gasteiger partial charge >= 0.3 is 11.9 Å². The van der Waals surface area contributed by atoms with E-state index in [2.05, 4.69) is 0 Å². The molecule has 0 fully saturated rings. The number of hydrogen-bond acceptors (Lipinski definition) is 2. The van der Waals surface area contributed by atoms with Crippen LogP contribution >= 0.6 is 0 Å². The first kappa shape index (κ1) is 15.7. The standard InChI is InChI=1S/C17H15FO4/c18-13-8-4-7-12(9-13)15(17(21)22)10-14(16(19)20)11-5-2-1-3-6-11/h1-9,14-15H,10H2,(H,19,20)(H,21,22). The van der Waals surface area contributed by atoms with Crippen LogP contribution < -0.4 is 0 Å². The Kier molecular flexibility index (Phi) is 4.88. The number of carbonyl (C=O) groups is 2. The van der Waals surface area contributed by atoms with Crippen molar-refractivity contribution in [3.05, 3.63) is 71.5 Å². The molecule has 0 saturated heterocycles. The van der Waals surface area contributed by atoms with Crippen LogP contribution in [0.2, 0.25) is 0 Å². The number of carboxylic acid groups (broad SMARTS) is 2. The highest BCUT2D eigenvalue weighted by Crippen LogP contribution is 2.31. The summed E-state index contributed by atoms with van der Waals surface area (Å²) in [5.74, 6) is -4.88. The minimum atomic E-state index is -1.17. The van der Waals surface area contributed by atoms with Gasteiger partial charge in [0.25, 0.3) is 0 Å². The van der Waals surface area contributed by atoms with Crippen LogP contribution in [-0.4, -0.2) is 22.2 Å². The van der Waals surface area contributed by atoms with Gasteiger partial charge in [0.15, 0.2) is 0 Å². The fourth-order valence-corrected chi connectivity index (χ4v) is 2.40. The topological polar surface area (TPSA) is 74.6 Å². The Bertz CT molecular complexity index is 669. The number of hydrogen-bond donors (Lipinski definition) is 2. The predicted octanol–water partition coefficient (Wildman–Crippen LogP) is 3.25. The summed E-state index contributed by atoms with van der Waals surface area (Å²) in [6.07, 6.45) is -0.141. The maximum atomic E-state index is 13.3.